The van der Waals surface area contributed by atoms with E-state index in [9.17, 15) is 18.0 Å². The molecule has 1 unspecified atom stereocenters. The summed E-state index contributed by atoms with van der Waals surface area (Å²) >= 11 is 0. The number of amides is 1. The summed E-state index contributed by atoms with van der Waals surface area (Å²) in [5.41, 5.74) is 1.87. The van der Waals surface area contributed by atoms with Crippen LogP contribution in [0.25, 0.3) is 0 Å². The third-order valence-electron chi connectivity index (χ3n) is 4.21. The third-order valence-corrected chi connectivity index (χ3v) is 5.55. The standard InChI is InChI=1S/C21H21N5O5S/c1-13-12-14(2)24-21(23-13)26-32(29,30)18-6-4-17(5-7-18)25-19(27)15(3)31-20(28)16-8-10-22-11-9-16/h4-12,15H,1-3H3,(H,25,27)(H,23,24,26). The number of pyridine rings is 1. The van der Waals surface area contributed by atoms with Crippen LogP contribution in [0.3, 0.4) is 0 Å². The van der Waals surface area contributed by atoms with Crippen LogP contribution in [0, 0.1) is 13.8 Å². The van der Waals surface area contributed by atoms with Gasteiger partial charge in [-0.2, -0.15) is 0 Å². The van der Waals surface area contributed by atoms with Gasteiger partial charge in [-0.25, -0.2) is 27.9 Å². The normalized spacial score (nSPS) is 12.0. The Kier molecular flexibility index (Phi) is 6.79. The van der Waals surface area contributed by atoms with Crippen molar-refractivity contribution in [2.24, 2.45) is 0 Å². The highest BCUT2D eigenvalue weighted by Gasteiger charge is 2.20. The molecule has 11 heteroatoms. The number of aromatic nitrogens is 3. The van der Waals surface area contributed by atoms with Crippen LogP contribution in [0.2, 0.25) is 0 Å². The van der Waals surface area contributed by atoms with Crippen LogP contribution >= 0.6 is 0 Å². The van der Waals surface area contributed by atoms with Crippen LogP contribution in [-0.2, 0) is 19.6 Å². The van der Waals surface area contributed by atoms with E-state index in [2.05, 4.69) is 25.0 Å². The molecule has 1 atom stereocenters. The maximum absolute atomic E-state index is 12.6. The average molecular weight is 455 g/mol. The Morgan fingerprint density at radius 3 is 2.16 bits per heavy atom. The number of carbonyl (C=O) groups is 2. The number of rotatable bonds is 7. The van der Waals surface area contributed by atoms with E-state index >= 15 is 0 Å². The van der Waals surface area contributed by atoms with Crippen molar-refractivity contribution in [2.45, 2.75) is 31.8 Å². The molecule has 1 amide bonds. The van der Waals surface area contributed by atoms with E-state index in [1.54, 1.807) is 19.9 Å². The Hall–Kier alpha value is -3.86. The predicted molar refractivity (Wildman–Crippen MR) is 117 cm³/mol. The maximum atomic E-state index is 12.6. The van der Waals surface area contributed by atoms with Gasteiger partial charge in [0.25, 0.3) is 15.9 Å². The lowest BCUT2D eigenvalue weighted by Gasteiger charge is -2.14. The minimum Gasteiger partial charge on any atom is -0.449 e. The van der Waals surface area contributed by atoms with Crippen molar-refractivity contribution in [3.8, 4) is 0 Å². The van der Waals surface area contributed by atoms with E-state index in [1.807, 2.05) is 0 Å². The fourth-order valence-electron chi connectivity index (χ4n) is 2.68. The van der Waals surface area contributed by atoms with E-state index < -0.39 is 28.0 Å². The Labute approximate surface area is 185 Å². The summed E-state index contributed by atoms with van der Waals surface area (Å²) in [7, 11) is -3.92. The van der Waals surface area contributed by atoms with E-state index in [1.165, 1.54) is 55.7 Å². The van der Waals surface area contributed by atoms with Crippen molar-refractivity contribution in [3.05, 3.63) is 71.8 Å². The molecule has 0 bridgehead atoms. The van der Waals surface area contributed by atoms with Crippen molar-refractivity contribution >= 4 is 33.5 Å². The molecular weight excluding hydrogens is 434 g/mol. The minimum atomic E-state index is -3.92. The Morgan fingerprint density at radius 2 is 1.56 bits per heavy atom. The molecule has 0 radical (unpaired) electrons. The molecule has 2 aromatic heterocycles. The Balaban J connectivity index is 1.63. The van der Waals surface area contributed by atoms with Crippen molar-refractivity contribution in [2.75, 3.05) is 10.0 Å². The number of hydrogen-bond donors (Lipinski definition) is 2. The lowest BCUT2D eigenvalue weighted by atomic mass is 10.2. The van der Waals surface area contributed by atoms with Gasteiger partial charge in [0.2, 0.25) is 5.95 Å². The highest BCUT2D eigenvalue weighted by atomic mass is 32.2. The van der Waals surface area contributed by atoms with E-state index in [0.717, 1.165) is 0 Å². The minimum absolute atomic E-state index is 0.0234. The molecule has 0 aliphatic rings. The molecule has 10 nitrogen and oxygen atoms in total. The lowest BCUT2D eigenvalue weighted by Crippen LogP contribution is -2.30. The molecule has 0 saturated heterocycles. The highest BCUT2D eigenvalue weighted by molar-refractivity contribution is 7.92. The van der Waals surface area contributed by atoms with Gasteiger partial charge < -0.3 is 10.1 Å². The molecule has 1 aromatic carbocycles. The summed E-state index contributed by atoms with van der Waals surface area (Å²) in [5, 5.41) is 2.57. The molecule has 3 aromatic rings. The fourth-order valence-corrected chi connectivity index (χ4v) is 3.63. The largest absolute Gasteiger partial charge is 0.449 e. The average Bonchev–Trinajstić information content (AvgIpc) is 2.73. The highest BCUT2D eigenvalue weighted by Crippen LogP contribution is 2.17. The molecule has 0 aliphatic carbocycles. The number of hydrogen-bond acceptors (Lipinski definition) is 8. The first-order valence-electron chi connectivity index (χ1n) is 9.51. The molecule has 3 rings (SSSR count). The number of anilines is 2. The quantitative estimate of drug-likeness (QED) is 0.518. The van der Waals surface area contributed by atoms with Crippen LogP contribution in [0.5, 0.6) is 0 Å². The number of sulfonamides is 1. The third kappa shape index (κ3) is 5.85. The summed E-state index contributed by atoms with van der Waals surface area (Å²) in [4.78, 5) is 36.3. The van der Waals surface area contributed by atoms with Gasteiger partial charge in [-0.1, -0.05) is 0 Å². The molecule has 0 spiro atoms. The SMILES string of the molecule is Cc1cc(C)nc(NS(=O)(=O)c2ccc(NC(=O)C(C)OC(=O)c3ccncc3)cc2)n1. The second kappa shape index (κ2) is 9.52. The summed E-state index contributed by atoms with van der Waals surface area (Å²) in [6, 6.07) is 10.2. The molecule has 2 N–H and O–H groups in total. The van der Waals surface area contributed by atoms with Gasteiger partial charge >= 0.3 is 5.97 Å². The summed E-state index contributed by atoms with van der Waals surface area (Å²) in [6.45, 7) is 4.90. The number of benzene rings is 1. The second-order valence-corrected chi connectivity index (χ2v) is 8.56. The molecule has 2 heterocycles. The number of ether oxygens (including phenoxy) is 1. The summed E-state index contributed by atoms with van der Waals surface area (Å²) in [6.07, 6.45) is 1.82. The van der Waals surface area contributed by atoms with Gasteiger partial charge in [0.05, 0.1) is 10.5 Å². The van der Waals surface area contributed by atoms with Gasteiger partial charge in [-0.3, -0.25) is 9.78 Å². The predicted octanol–water partition coefficient (Wildman–Crippen LogP) is 2.47. The molecule has 0 fully saturated rings. The smallest absolute Gasteiger partial charge is 0.339 e. The van der Waals surface area contributed by atoms with Gasteiger partial charge in [0, 0.05) is 29.5 Å². The Morgan fingerprint density at radius 1 is 0.969 bits per heavy atom. The Bertz CT molecular complexity index is 1210. The number of esters is 1. The molecule has 0 saturated carbocycles. The molecule has 0 aliphatic heterocycles. The maximum Gasteiger partial charge on any atom is 0.339 e. The molecule has 166 valence electrons. The summed E-state index contributed by atoms with van der Waals surface area (Å²) < 4.78 is 32.6. The zero-order chi connectivity index (χ0) is 23.3. The van der Waals surface area contributed by atoms with Crippen molar-refractivity contribution in [1.82, 2.24) is 15.0 Å². The monoisotopic (exact) mass is 455 g/mol. The van der Waals surface area contributed by atoms with Crippen LogP contribution in [0.1, 0.15) is 28.7 Å². The second-order valence-electron chi connectivity index (χ2n) is 6.88. The number of aryl methyl sites for hydroxylation is 2. The van der Waals surface area contributed by atoms with E-state index in [4.69, 9.17) is 4.74 Å². The van der Waals surface area contributed by atoms with Crippen LogP contribution in [0.15, 0.2) is 59.8 Å². The zero-order valence-electron chi connectivity index (χ0n) is 17.6. The first-order chi connectivity index (χ1) is 15.1. The van der Waals surface area contributed by atoms with Gasteiger partial charge in [-0.15, -0.1) is 0 Å². The molecular formula is C21H21N5O5S. The summed E-state index contributed by atoms with van der Waals surface area (Å²) in [5.74, 6) is -1.24. The van der Waals surface area contributed by atoms with Gasteiger partial charge in [-0.05, 0) is 63.2 Å². The van der Waals surface area contributed by atoms with Crippen molar-refractivity contribution in [3.63, 3.8) is 0 Å². The van der Waals surface area contributed by atoms with Gasteiger partial charge in [0.1, 0.15) is 0 Å². The van der Waals surface area contributed by atoms with Crippen LogP contribution in [-0.4, -0.2) is 41.4 Å². The van der Waals surface area contributed by atoms with Crippen LogP contribution < -0.4 is 10.0 Å². The zero-order valence-corrected chi connectivity index (χ0v) is 18.4. The first kappa shape index (κ1) is 22.8. The fraction of sp³-hybridized carbons (Fsp3) is 0.190. The number of carbonyl (C=O) groups excluding carboxylic acids is 2. The number of nitrogens with one attached hydrogen (secondary N) is 2. The number of nitrogens with zero attached hydrogens (tertiary/aromatic N) is 3. The molecule has 32 heavy (non-hydrogen) atoms. The lowest BCUT2D eigenvalue weighted by molar-refractivity contribution is -0.123. The van der Waals surface area contributed by atoms with Crippen molar-refractivity contribution < 1.29 is 22.7 Å². The van der Waals surface area contributed by atoms with Gasteiger partial charge in [0.15, 0.2) is 6.10 Å². The topological polar surface area (TPSA) is 140 Å². The van der Waals surface area contributed by atoms with Crippen molar-refractivity contribution in [1.29, 1.82) is 0 Å². The van der Waals surface area contributed by atoms with E-state index in [-0.39, 0.29) is 16.4 Å². The first-order valence-corrected chi connectivity index (χ1v) is 11.0. The van der Waals surface area contributed by atoms with Crippen LogP contribution in [0.4, 0.5) is 11.6 Å². The van der Waals surface area contributed by atoms with E-state index in [0.29, 0.717) is 17.1 Å².